The number of ether oxygens (including phenoxy) is 1. The lowest BCUT2D eigenvalue weighted by Crippen LogP contribution is -2.32. The zero-order valence-corrected chi connectivity index (χ0v) is 11.9. The van der Waals surface area contributed by atoms with Gasteiger partial charge in [0.05, 0.1) is 5.02 Å². The average Bonchev–Trinajstić information content (AvgIpc) is 2.47. The highest BCUT2D eigenvalue weighted by atomic mass is 35.5. The van der Waals surface area contributed by atoms with E-state index in [-0.39, 0.29) is 5.91 Å². The van der Waals surface area contributed by atoms with E-state index in [4.69, 9.17) is 16.3 Å². The molecule has 0 aliphatic carbocycles. The second-order valence-electron chi connectivity index (χ2n) is 4.30. The Labute approximate surface area is 123 Å². The molecule has 1 amide bonds. The third-order valence-corrected chi connectivity index (χ3v) is 3.12. The van der Waals surface area contributed by atoms with E-state index < -0.39 is 6.10 Å². The Balaban J connectivity index is 2.05. The molecule has 0 unspecified atom stereocenters. The number of hydrogen-bond acceptors (Lipinski definition) is 2. The van der Waals surface area contributed by atoms with Gasteiger partial charge in [0.15, 0.2) is 6.10 Å². The summed E-state index contributed by atoms with van der Waals surface area (Å²) >= 11 is 6.03. The molecule has 0 aromatic heterocycles. The van der Waals surface area contributed by atoms with Crippen molar-refractivity contribution in [2.24, 2.45) is 0 Å². The van der Waals surface area contributed by atoms with Gasteiger partial charge in [-0.2, -0.15) is 0 Å². The molecule has 0 saturated heterocycles. The van der Waals surface area contributed by atoms with Crippen LogP contribution in [0.25, 0.3) is 0 Å². The Morgan fingerprint density at radius 1 is 1.15 bits per heavy atom. The average molecular weight is 290 g/mol. The van der Waals surface area contributed by atoms with Gasteiger partial charge in [-0.15, -0.1) is 0 Å². The van der Waals surface area contributed by atoms with E-state index in [2.05, 4.69) is 5.32 Å². The van der Waals surface area contributed by atoms with Crippen LogP contribution in [0.5, 0.6) is 5.75 Å². The highest BCUT2D eigenvalue weighted by Crippen LogP contribution is 2.25. The molecule has 4 heteroatoms. The maximum atomic E-state index is 12.2. The number of amides is 1. The van der Waals surface area contributed by atoms with Crippen LogP contribution in [0, 0.1) is 0 Å². The molecule has 3 nitrogen and oxygen atoms in total. The molecule has 0 aliphatic heterocycles. The number of carbonyl (C=O) groups excluding carboxylic acids is 1. The predicted octanol–water partition coefficient (Wildman–Crippen LogP) is 4.14. The Bertz CT molecular complexity index is 572. The zero-order chi connectivity index (χ0) is 14.4. The molecular weight excluding hydrogens is 274 g/mol. The molecule has 0 aliphatic rings. The molecule has 0 saturated carbocycles. The SMILES string of the molecule is CC[C@H](Oc1ccccc1Cl)C(=O)Nc1ccccc1. The standard InChI is InChI=1S/C16H16ClNO2/c1-2-14(20-15-11-7-6-10-13(15)17)16(19)18-12-8-4-3-5-9-12/h3-11,14H,2H2,1H3,(H,18,19)/t14-/m0/s1. The van der Waals surface area contributed by atoms with Crippen LogP contribution >= 0.6 is 11.6 Å². The van der Waals surface area contributed by atoms with E-state index in [0.29, 0.717) is 17.2 Å². The van der Waals surface area contributed by atoms with Crippen LogP contribution in [0.4, 0.5) is 5.69 Å². The minimum Gasteiger partial charge on any atom is -0.479 e. The Morgan fingerprint density at radius 3 is 2.45 bits per heavy atom. The molecule has 2 aromatic rings. The van der Waals surface area contributed by atoms with Gasteiger partial charge in [0, 0.05) is 5.69 Å². The van der Waals surface area contributed by atoms with Crippen LogP contribution in [0.3, 0.4) is 0 Å². The normalized spacial score (nSPS) is 11.7. The summed E-state index contributed by atoms with van der Waals surface area (Å²) in [6.45, 7) is 1.89. The van der Waals surface area contributed by atoms with Crippen LogP contribution in [-0.4, -0.2) is 12.0 Å². The van der Waals surface area contributed by atoms with E-state index in [1.54, 1.807) is 12.1 Å². The van der Waals surface area contributed by atoms with Crippen molar-refractivity contribution < 1.29 is 9.53 Å². The van der Waals surface area contributed by atoms with E-state index in [1.165, 1.54) is 0 Å². The van der Waals surface area contributed by atoms with Crippen LogP contribution in [0.1, 0.15) is 13.3 Å². The van der Waals surface area contributed by atoms with Crippen LogP contribution in [0.2, 0.25) is 5.02 Å². The fourth-order valence-electron chi connectivity index (χ4n) is 1.76. The topological polar surface area (TPSA) is 38.3 Å². The lowest BCUT2D eigenvalue weighted by molar-refractivity contribution is -0.122. The highest BCUT2D eigenvalue weighted by Gasteiger charge is 2.19. The minimum atomic E-state index is -0.574. The minimum absolute atomic E-state index is 0.182. The first kappa shape index (κ1) is 14.4. The summed E-state index contributed by atoms with van der Waals surface area (Å²) < 4.78 is 5.68. The van der Waals surface area contributed by atoms with Gasteiger partial charge in [0.25, 0.3) is 5.91 Å². The Hall–Kier alpha value is -2.00. The van der Waals surface area contributed by atoms with Gasteiger partial charge in [-0.25, -0.2) is 0 Å². The number of nitrogens with one attached hydrogen (secondary N) is 1. The first-order valence-electron chi connectivity index (χ1n) is 6.47. The number of para-hydroxylation sites is 2. The molecule has 2 rings (SSSR count). The molecule has 0 bridgehead atoms. The van der Waals surface area contributed by atoms with Crippen LogP contribution in [0.15, 0.2) is 54.6 Å². The van der Waals surface area contributed by atoms with Gasteiger partial charge < -0.3 is 10.1 Å². The van der Waals surface area contributed by atoms with Crippen molar-refractivity contribution in [2.45, 2.75) is 19.4 Å². The molecule has 0 radical (unpaired) electrons. The third-order valence-electron chi connectivity index (χ3n) is 2.81. The van der Waals surface area contributed by atoms with E-state index in [9.17, 15) is 4.79 Å². The van der Waals surface area contributed by atoms with Crippen LogP contribution < -0.4 is 10.1 Å². The lowest BCUT2D eigenvalue weighted by atomic mass is 10.2. The number of anilines is 1. The fraction of sp³-hybridized carbons (Fsp3) is 0.188. The first-order chi connectivity index (χ1) is 9.70. The third kappa shape index (κ3) is 3.75. The van der Waals surface area contributed by atoms with Crippen molar-refractivity contribution in [3.63, 3.8) is 0 Å². The number of carbonyl (C=O) groups is 1. The molecule has 1 atom stereocenters. The second-order valence-corrected chi connectivity index (χ2v) is 4.71. The quantitative estimate of drug-likeness (QED) is 0.898. The summed E-state index contributed by atoms with van der Waals surface area (Å²) in [4.78, 5) is 12.2. The van der Waals surface area contributed by atoms with Crippen LogP contribution in [-0.2, 0) is 4.79 Å². The van der Waals surface area contributed by atoms with Gasteiger partial charge in [-0.3, -0.25) is 4.79 Å². The molecule has 0 spiro atoms. The number of halogens is 1. The Kier molecular flexibility index (Phi) is 5.02. The fourth-order valence-corrected chi connectivity index (χ4v) is 1.94. The zero-order valence-electron chi connectivity index (χ0n) is 11.2. The maximum absolute atomic E-state index is 12.2. The first-order valence-corrected chi connectivity index (χ1v) is 6.85. The van der Waals surface area contributed by atoms with E-state index in [1.807, 2.05) is 49.4 Å². The van der Waals surface area contributed by atoms with Gasteiger partial charge in [-0.1, -0.05) is 48.9 Å². The predicted molar refractivity (Wildman–Crippen MR) is 81.2 cm³/mol. The van der Waals surface area contributed by atoms with Gasteiger partial charge >= 0.3 is 0 Å². The second kappa shape index (κ2) is 6.96. The summed E-state index contributed by atoms with van der Waals surface area (Å²) in [5, 5.41) is 3.32. The van der Waals surface area contributed by atoms with Crippen molar-refractivity contribution in [3.05, 3.63) is 59.6 Å². The van der Waals surface area contributed by atoms with E-state index in [0.717, 1.165) is 5.69 Å². The number of benzene rings is 2. The number of rotatable bonds is 5. The smallest absolute Gasteiger partial charge is 0.265 e. The van der Waals surface area contributed by atoms with Crippen molar-refractivity contribution in [1.29, 1.82) is 0 Å². The van der Waals surface area contributed by atoms with Gasteiger partial charge in [0.1, 0.15) is 5.75 Å². The summed E-state index contributed by atoms with van der Waals surface area (Å²) in [6, 6.07) is 16.4. The summed E-state index contributed by atoms with van der Waals surface area (Å²) in [7, 11) is 0. The monoisotopic (exact) mass is 289 g/mol. The molecule has 2 aromatic carbocycles. The largest absolute Gasteiger partial charge is 0.479 e. The maximum Gasteiger partial charge on any atom is 0.265 e. The molecule has 0 heterocycles. The van der Waals surface area contributed by atoms with Crippen molar-refractivity contribution in [2.75, 3.05) is 5.32 Å². The summed E-state index contributed by atoms with van der Waals surface area (Å²) in [5.41, 5.74) is 0.749. The molecule has 20 heavy (non-hydrogen) atoms. The molecular formula is C16H16ClNO2. The van der Waals surface area contributed by atoms with Gasteiger partial charge in [-0.05, 0) is 30.7 Å². The molecule has 1 N–H and O–H groups in total. The van der Waals surface area contributed by atoms with Crippen molar-refractivity contribution in [3.8, 4) is 5.75 Å². The highest BCUT2D eigenvalue weighted by molar-refractivity contribution is 6.32. The molecule has 104 valence electrons. The lowest BCUT2D eigenvalue weighted by Gasteiger charge is -2.18. The van der Waals surface area contributed by atoms with Crippen molar-refractivity contribution in [1.82, 2.24) is 0 Å². The summed E-state index contributed by atoms with van der Waals surface area (Å²) in [5.74, 6) is 0.336. The molecule has 0 fully saturated rings. The number of hydrogen-bond donors (Lipinski definition) is 1. The van der Waals surface area contributed by atoms with Gasteiger partial charge in [0.2, 0.25) is 0 Å². The van der Waals surface area contributed by atoms with E-state index >= 15 is 0 Å². The Morgan fingerprint density at radius 2 is 1.80 bits per heavy atom. The summed E-state index contributed by atoms with van der Waals surface area (Å²) in [6.07, 6.45) is -0.0146. The van der Waals surface area contributed by atoms with Crippen molar-refractivity contribution >= 4 is 23.2 Å².